The molecule has 22 heavy (non-hydrogen) atoms. The molecule has 0 spiro atoms. The highest BCUT2D eigenvalue weighted by Gasteiger charge is 2.52. The Morgan fingerprint density at radius 3 is 2.50 bits per heavy atom. The van der Waals surface area contributed by atoms with Crippen LogP contribution in [0.15, 0.2) is 30.3 Å². The van der Waals surface area contributed by atoms with Gasteiger partial charge in [0, 0.05) is 6.61 Å². The van der Waals surface area contributed by atoms with Gasteiger partial charge in [-0.25, -0.2) is 0 Å². The van der Waals surface area contributed by atoms with E-state index in [2.05, 4.69) is 58.0 Å². The molecule has 2 fully saturated rings. The standard InChI is InChI=1S/C21H32O/c1-5-11-22-19-16(2)12-21(18-9-7-6-8-10-18)14-17(19)13-20(3,4)15-21/h6-10,16-17,19H,5,11-15H2,1-4H3. The van der Waals surface area contributed by atoms with E-state index in [9.17, 15) is 0 Å². The van der Waals surface area contributed by atoms with Gasteiger partial charge in [-0.1, -0.05) is 58.0 Å². The molecule has 0 radical (unpaired) electrons. The molecule has 1 aromatic carbocycles. The fourth-order valence-electron chi connectivity index (χ4n) is 5.61. The largest absolute Gasteiger partial charge is 0.378 e. The SMILES string of the molecule is CCCOC1C(C)CC2(c3ccccc3)CC1CC(C)(C)C2. The molecule has 1 aromatic rings. The van der Waals surface area contributed by atoms with Gasteiger partial charge in [0.05, 0.1) is 6.10 Å². The van der Waals surface area contributed by atoms with Gasteiger partial charge in [0.1, 0.15) is 0 Å². The summed E-state index contributed by atoms with van der Waals surface area (Å²) in [4.78, 5) is 0. The topological polar surface area (TPSA) is 9.23 Å². The lowest BCUT2D eigenvalue weighted by Gasteiger charge is -2.56. The zero-order chi connectivity index (χ0) is 15.8. The molecule has 2 aliphatic rings. The van der Waals surface area contributed by atoms with E-state index >= 15 is 0 Å². The van der Waals surface area contributed by atoms with Gasteiger partial charge in [-0.05, 0) is 60.3 Å². The molecular weight excluding hydrogens is 268 g/mol. The Morgan fingerprint density at radius 2 is 1.82 bits per heavy atom. The molecule has 122 valence electrons. The first-order valence-electron chi connectivity index (χ1n) is 9.13. The Bertz CT molecular complexity index is 488. The van der Waals surface area contributed by atoms with Gasteiger partial charge in [-0.2, -0.15) is 0 Å². The Kier molecular flexibility index (Phi) is 4.38. The molecule has 0 N–H and O–H groups in total. The summed E-state index contributed by atoms with van der Waals surface area (Å²) < 4.78 is 6.30. The lowest BCUT2D eigenvalue weighted by molar-refractivity contribution is -0.103. The van der Waals surface area contributed by atoms with E-state index in [4.69, 9.17) is 4.74 Å². The summed E-state index contributed by atoms with van der Waals surface area (Å²) in [7, 11) is 0. The van der Waals surface area contributed by atoms with E-state index in [0.29, 0.717) is 22.9 Å². The second kappa shape index (κ2) is 6.00. The highest BCUT2D eigenvalue weighted by atomic mass is 16.5. The van der Waals surface area contributed by atoms with Crippen molar-refractivity contribution in [1.29, 1.82) is 0 Å². The van der Waals surface area contributed by atoms with Gasteiger partial charge in [-0.15, -0.1) is 0 Å². The highest BCUT2D eigenvalue weighted by molar-refractivity contribution is 5.29. The molecule has 0 heterocycles. The summed E-state index contributed by atoms with van der Waals surface area (Å²) in [6, 6.07) is 11.3. The van der Waals surface area contributed by atoms with Crippen molar-refractivity contribution in [2.75, 3.05) is 6.61 Å². The Labute approximate surface area is 136 Å². The summed E-state index contributed by atoms with van der Waals surface area (Å²) in [5, 5.41) is 0. The first kappa shape index (κ1) is 16.1. The number of fused-ring (bicyclic) bond motifs is 2. The Morgan fingerprint density at radius 1 is 1.09 bits per heavy atom. The van der Waals surface area contributed by atoms with Crippen molar-refractivity contribution in [3.63, 3.8) is 0 Å². The third-order valence-electron chi connectivity index (χ3n) is 5.92. The van der Waals surface area contributed by atoms with Crippen LogP contribution in [0.3, 0.4) is 0 Å². The van der Waals surface area contributed by atoms with Crippen molar-refractivity contribution in [1.82, 2.24) is 0 Å². The first-order valence-corrected chi connectivity index (χ1v) is 9.13. The van der Waals surface area contributed by atoms with Crippen LogP contribution in [0.2, 0.25) is 0 Å². The van der Waals surface area contributed by atoms with Crippen molar-refractivity contribution in [2.45, 2.75) is 71.3 Å². The number of benzene rings is 1. The van der Waals surface area contributed by atoms with Crippen LogP contribution in [0.25, 0.3) is 0 Å². The molecule has 2 bridgehead atoms. The number of hydrogen-bond donors (Lipinski definition) is 0. The van der Waals surface area contributed by atoms with Crippen LogP contribution in [0.1, 0.15) is 65.4 Å². The highest BCUT2D eigenvalue weighted by Crippen LogP contribution is 2.58. The first-order chi connectivity index (χ1) is 10.5. The van der Waals surface area contributed by atoms with E-state index in [1.165, 1.54) is 25.7 Å². The molecule has 4 atom stereocenters. The van der Waals surface area contributed by atoms with E-state index in [1.54, 1.807) is 5.56 Å². The Hall–Kier alpha value is -0.820. The van der Waals surface area contributed by atoms with E-state index in [1.807, 2.05) is 0 Å². The van der Waals surface area contributed by atoms with Crippen molar-refractivity contribution in [3.05, 3.63) is 35.9 Å². The van der Waals surface area contributed by atoms with Gasteiger partial charge >= 0.3 is 0 Å². The van der Waals surface area contributed by atoms with E-state index in [-0.39, 0.29) is 0 Å². The van der Waals surface area contributed by atoms with Crippen molar-refractivity contribution in [3.8, 4) is 0 Å². The predicted molar refractivity (Wildman–Crippen MR) is 93.1 cm³/mol. The minimum Gasteiger partial charge on any atom is -0.378 e. The third kappa shape index (κ3) is 2.97. The van der Waals surface area contributed by atoms with Gasteiger partial charge in [0.2, 0.25) is 0 Å². The zero-order valence-corrected chi connectivity index (χ0v) is 14.8. The summed E-state index contributed by atoms with van der Waals surface area (Å²) >= 11 is 0. The lowest BCUT2D eigenvalue weighted by Crippen LogP contribution is -2.52. The average molecular weight is 300 g/mol. The van der Waals surface area contributed by atoms with Crippen LogP contribution in [0.4, 0.5) is 0 Å². The second-order valence-corrected chi connectivity index (χ2v) is 8.67. The van der Waals surface area contributed by atoms with Crippen LogP contribution < -0.4 is 0 Å². The van der Waals surface area contributed by atoms with Crippen LogP contribution in [0, 0.1) is 17.3 Å². The van der Waals surface area contributed by atoms with Gasteiger partial charge < -0.3 is 4.74 Å². The van der Waals surface area contributed by atoms with Gasteiger partial charge in [0.15, 0.2) is 0 Å². The van der Waals surface area contributed by atoms with Crippen molar-refractivity contribution >= 4 is 0 Å². The number of ether oxygens (including phenoxy) is 1. The van der Waals surface area contributed by atoms with Crippen molar-refractivity contribution < 1.29 is 4.74 Å². The van der Waals surface area contributed by atoms with Crippen LogP contribution in [-0.4, -0.2) is 12.7 Å². The van der Waals surface area contributed by atoms with Crippen LogP contribution in [0.5, 0.6) is 0 Å². The third-order valence-corrected chi connectivity index (χ3v) is 5.92. The quantitative estimate of drug-likeness (QED) is 0.704. The minimum atomic E-state index is 0.374. The molecule has 0 aliphatic heterocycles. The zero-order valence-electron chi connectivity index (χ0n) is 14.8. The smallest absolute Gasteiger partial charge is 0.0629 e. The van der Waals surface area contributed by atoms with Gasteiger partial charge in [0.25, 0.3) is 0 Å². The number of hydrogen-bond acceptors (Lipinski definition) is 1. The van der Waals surface area contributed by atoms with Crippen LogP contribution >= 0.6 is 0 Å². The Balaban J connectivity index is 1.92. The predicted octanol–water partition coefficient (Wildman–Crippen LogP) is 5.59. The normalized spacial score (nSPS) is 37.0. The molecule has 1 nitrogen and oxygen atoms in total. The lowest BCUT2D eigenvalue weighted by atomic mass is 9.50. The second-order valence-electron chi connectivity index (χ2n) is 8.67. The molecule has 0 aromatic heterocycles. The summed E-state index contributed by atoms with van der Waals surface area (Å²) in [5.41, 5.74) is 2.36. The fraction of sp³-hybridized carbons (Fsp3) is 0.714. The molecule has 4 unspecified atom stereocenters. The molecule has 2 aliphatic carbocycles. The average Bonchev–Trinajstić information content (AvgIpc) is 2.46. The molecule has 3 rings (SSSR count). The fourth-order valence-corrected chi connectivity index (χ4v) is 5.61. The maximum atomic E-state index is 6.30. The molecule has 1 heteroatoms. The maximum Gasteiger partial charge on any atom is 0.0629 e. The molecule has 0 saturated heterocycles. The van der Waals surface area contributed by atoms with E-state index < -0.39 is 0 Å². The molecule has 2 saturated carbocycles. The van der Waals surface area contributed by atoms with Crippen molar-refractivity contribution in [2.24, 2.45) is 17.3 Å². The monoisotopic (exact) mass is 300 g/mol. The van der Waals surface area contributed by atoms with Gasteiger partial charge in [-0.3, -0.25) is 0 Å². The molecular formula is C21H32O. The van der Waals surface area contributed by atoms with Crippen LogP contribution in [-0.2, 0) is 10.2 Å². The molecule has 0 amide bonds. The minimum absolute atomic E-state index is 0.374. The summed E-state index contributed by atoms with van der Waals surface area (Å²) in [5.74, 6) is 1.39. The number of rotatable bonds is 4. The maximum absolute atomic E-state index is 6.30. The summed E-state index contributed by atoms with van der Waals surface area (Å²) in [6.45, 7) is 10.5. The van der Waals surface area contributed by atoms with E-state index in [0.717, 1.165) is 18.9 Å². The summed E-state index contributed by atoms with van der Waals surface area (Å²) in [6.07, 6.45) is 6.84.